The number of amides is 3. The highest BCUT2D eigenvalue weighted by molar-refractivity contribution is 5.80. The second-order valence-corrected chi connectivity index (χ2v) is 6.58. The lowest BCUT2D eigenvalue weighted by atomic mass is 10.0. The van der Waals surface area contributed by atoms with Crippen molar-refractivity contribution >= 4 is 11.9 Å². The quantitative estimate of drug-likeness (QED) is 0.928. The maximum Gasteiger partial charge on any atom is 0.317 e. The topological polar surface area (TPSA) is 52.7 Å². The Morgan fingerprint density at radius 2 is 1.70 bits per heavy atom. The molecule has 1 N–H and O–H groups in total. The van der Waals surface area contributed by atoms with Crippen molar-refractivity contribution in [2.75, 3.05) is 26.2 Å². The van der Waals surface area contributed by atoms with Gasteiger partial charge in [-0.3, -0.25) is 4.79 Å². The highest BCUT2D eigenvalue weighted by atomic mass is 16.2. The van der Waals surface area contributed by atoms with Crippen LogP contribution in [0.5, 0.6) is 0 Å². The smallest absolute Gasteiger partial charge is 0.317 e. The fraction of sp³-hybridized carbons (Fsp3) is 0.556. The second kappa shape index (κ2) is 7.49. The summed E-state index contributed by atoms with van der Waals surface area (Å²) >= 11 is 0. The van der Waals surface area contributed by atoms with Crippen LogP contribution in [-0.4, -0.2) is 54.0 Å². The predicted molar refractivity (Wildman–Crippen MR) is 91.4 cm³/mol. The van der Waals surface area contributed by atoms with E-state index in [-0.39, 0.29) is 18.0 Å². The zero-order valence-corrected chi connectivity index (χ0v) is 14.6. The van der Waals surface area contributed by atoms with Crippen molar-refractivity contribution in [1.29, 1.82) is 0 Å². The number of urea groups is 1. The molecule has 1 saturated heterocycles. The average Bonchev–Trinajstić information content (AvgIpc) is 2.49. The minimum atomic E-state index is -0.0403. The molecule has 0 unspecified atom stereocenters. The summed E-state index contributed by atoms with van der Waals surface area (Å²) in [7, 11) is 0. The molecule has 1 aliphatic heterocycles. The fourth-order valence-electron chi connectivity index (χ4n) is 2.82. The van der Waals surface area contributed by atoms with Gasteiger partial charge in [0, 0.05) is 32.2 Å². The van der Waals surface area contributed by atoms with Gasteiger partial charge in [-0.1, -0.05) is 23.8 Å². The Labute approximate surface area is 138 Å². The number of rotatable bonds is 3. The molecule has 0 spiro atoms. The minimum Gasteiger partial charge on any atom is -0.339 e. The van der Waals surface area contributed by atoms with Crippen molar-refractivity contribution in [3.63, 3.8) is 0 Å². The maximum atomic E-state index is 12.5. The van der Waals surface area contributed by atoms with Gasteiger partial charge in [-0.15, -0.1) is 0 Å². The van der Waals surface area contributed by atoms with E-state index in [9.17, 15) is 9.59 Å². The molecule has 23 heavy (non-hydrogen) atoms. The lowest BCUT2D eigenvalue weighted by Crippen LogP contribution is -2.54. The van der Waals surface area contributed by atoms with E-state index >= 15 is 0 Å². The number of carbonyl (C=O) groups excluding carboxylic acids is 2. The third-order valence-electron chi connectivity index (χ3n) is 4.17. The summed E-state index contributed by atoms with van der Waals surface area (Å²) in [6.45, 7) is 10.4. The van der Waals surface area contributed by atoms with Crippen molar-refractivity contribution < 1.29 is 9.59 Å². The van der Waals surface area contributed by atoms with Crippen molar-refractivity contribution in [3.8, 4) is 0 Å². The van der Waals surface area contributed by atoms with Gasteiger partial charge in [0.1, 0.15) is 0 Å². The van der Waals surface area contributed by atoms with E-state index in [1.807, 2.05) is 37.8 Å². The van der Waals surface area contributed by atoms with Gasteiger partial charge in [-0.2, -0.15) is 0 Å². The van der Waals surface area contributed by atoms with Gasteiger partial charge in [-0.25, -0.2) is 4.79 Å². The third kappa shape index (κ3) is 4.71. The normalized spacial score (nSPS) is 15.0. The molecule has 126 valence electrons. The number of hydrogen-bond acceptors (Lipinski definition) is 2. The van der Waals surface area contributed by atoms with Crippen LogP contribution in [0.4, 0.5) is 4.79 Å². The summed E-state index contributed by atoms with van der Waals surface area (Å²) in [5.41, 5.74) is 3.46. The number of nitrogens with zero attached hydrogens (tertiary/aromatic N) is 2. The van der Waals surface area contributed by atoms with Crippen LogP contribution in [0.15, 0.2) is 18.2 Å². The van der Waals surface area contributed by atoms with Gasteiger partial charge in [0.2, 0.25) is 5.91 Å². The van der Waals surface area contributed by atoms with Gasteiger partial charge in [-0.05, 0) is 38.8 Å². The van der Waals surface area contributed by atoms with E-state index in [4.69, 9.17) is 0 Å². The van der Waals surface area contributed by atoms with Gasteiger partial charge in [0.15, 0.2) is 0 Å². The number of piperazine rings is 1. The molecule has 3 amide bonds. The van der Waals surface area contributed by atoms with E-state index in [1.54, 1.807) is 4.90 Å². The molecule has 0 aliphatic carbocycles. The van der Waals surface area contributed by atoms with Crippen molar-refractivity contribution in [2.45, 2.75) is 40.2 Å². The number of hydrogen-bond donors (Lipinski definition) is 1. The number of benzene rings is 1. The zero-order chi connectivity index (χ0) is 17.0. The average molecular weight is 317 g/mol. The summed E-state index contributed by atoms with van der Waals surface area (Å²) in [4.78, 5) is 28.1. The summed E-state index contributed by atoms with van der Waals surface area (Å²) in [5.74, 6) is 0.140. The van der Waals surface area contributed by atoms with Crippen LogP contribution in [0.2, 0.25) is 0 Å². The standard InChI is InChI=1S/C18H27N3O2/c1-13(2)19-18(23)21-9-7-20(8-10-21)17(22)12-16-6-5-14(3)11-15(16)4/h5-6,11,13H,7-10,12H2,1-4H3,(H,19,23). The summed E-state index contributed by atoms with van der Waals surface area (Å²) in [6.07, 6.45) is 0.435. The molecule has 0 bridgehead atoms. The van der Waals surface area contributed by atoms with Gasteiger partial charge < -0.3 is 15.1 Å². The van der Waals surface area contributed by atoms with E-state index in [0.717, 1.165) is 11.1 Å². The Morgan fingerprint density at radius 1 is 1.09 bits per heavy atom. The molecule has 1 fully saturated rings. The van der Waals surface area contributed by atoms with Crippen LogP contribution in [0.3, 0.4) is 0 Å². The van der Waals surface area contributed by atoms with E-state index in [1.165, 1.54) is 5.56 Å². The van der Waals surface area contributed by atoms with E-state index in [2.05, 4.69) is 18.3 Å². The Bertz CT molecular complexity index is 576. The molecule has 5 nitrogen and oxygen atoms in total. The van der Waals surface area contributed by atoms with Crippen LogP contribution in [0.25, 0.3) is 0 Å². The van der Waals surface area contributed by atoms with Gasteiger partial charge >= 0.3 is 6.03 Å². The first kappa shape index (κ1) is 17.3. The second-order valence-electron chi connectivity index (χ2n) is 6.58. The Hall–Kier alpha value is -2.04. The first-order valence-electron chi connectivity index (χ1n) is 8.26. The van der Waals surface area contributed by atoms with Crippen LogP contribution in [-0.2, 0) is 11.2 Å². The molecule has 0 aromatic heterocycles. The summed E-state index contributed by atoms with van der Waals surface area (Å²) < 4.78 is 0. The first-order valence-corrected chi connectivity index (χ1v) is 8.26. The van der Waals surface area contributed by atoms with Crippen molar-refractivity contribution in [1.82, 2.24) is 15.1 Å². The predicted octanol–water partition coefficient (Wildman–Crippen LogP) is 2.11. The number of aryl methyl sites for hydroxylation is 2. The molecule has 1 aliphatic rings. The Balaban J connectivity index is 1.87. The molecule has 0 atom stereocenters. The Morgan fingerprint density at radius 3 is 2.26 bits per heavy atom. The zero-order valence-electron chi connectivity index (χ0n) is 14.6. The molecule has 0 saturated carbocycles. The van der Waals surface area contributed by atoms with Crippen LogP contribution in [0.1, 0.15) is 30.5 Å². The lowest BCUT2D eigenvalue weighted by molar-refractivity contribution is -0.131. The molecule has 0 radical (unpaired) electrons. The SMILES string of the molecule is Cc1ccc(CC(=O)N2CCN(C(=O)NC(C)C)CC2)c(C)c1. The summed E-state index contributed by atoms with van der Waals surface area (Å²) in [6, 6.07) is 6.28. The summed E-state index contributed by atoms with van der Waals surface area (Å²) in [5, 5.41) is 2.89. The maximum absolute atomic E-state index is 12.5. The molecular weight excluding hydrogens is 290 g/mol. The van der Waals surface area contributed by atoms with Crippen LogP contribution < -0.4 is 5.32 Å². The molecule has 5 heteroatoms. The monoisotopic (exact) mass is 317 g/mol. The van der Waals surface area contributed by atoms with E-state index in [0.29, 0.717) is 32.6 Å². The largest absolute Gasteiger partial charge is 0.339 e. The lowest BCUT2D eigenvalue weighted by Gasteiger charge is -2.35. The third-order valence-corrected chi connectivity index (χ3v) is 4.17. The molecule has 1 aromatic carbocycles. The van der Waals surface area contributed by atoms with Gasteiger partial charge in [0.05, 0.1) is 6.42 Å². The minimum absolute atomic E-state index is 0.0403. The fourth-order valence-corrected chi connectivity index (χ4v) is 2.82. The highest BCUT2D eigenvalue weighted by Gasteiger charge is 2.24. The highest BCUT2D eigenvalue weighted by Crippen LogP contribution is 2.13. The number of nitrogens with one attached hydrogen (secondary N) is 1. The van der Waals surface area contributed by atoms with Crippen molar-refractivity contribution in [3.05, 3.63) is 34.9 Å². The van der Waals surface area contributed by atoms with Gasteiger partial charge in [0.25, 0.3) is 0 Å². The molecular formula is C18H27N3O2. The van der Waals surface area contributed by atoms with Crippen molar-refractivity contribution in [2.24, 2.45) is 0 Å². The molecule has 1 heterocycles. The Kier molecular flexibility index (Phi) is 5.64. The number of carbonyl (C=O) groups is 2. The van der Waals surface area contributed by atoms with Crippen LogP contribution in [0, 0.1) is 13.8 Å². The van der Waals surface area contributed by atoms with E-state index < -0.39 is 0 Å². The first-order chi connectivity index (χ1) is 10.9. The molecule has 2 rings (SSSR count). The molecule has 1 aromatic rings. The van der Waals surface area contributed by atoms with Crippen LogP contribution >= 0.6 is 0 Å².